The molecule has 1 heterocycles. The van der Waals surface area contributed by atoms with E-state index in [-0.39, 0.29) is 0 Å². The molecule has 0 aliphatic heterocycles. The van der Waals surface area contributed by atoms with Crippen LogP contribution in [0.4, 0.5) is 5.00 Å². The van der Waals surface area contributed by atoms with Gasteiger partial charge in [-0.3, -0.25) is 9.59 Å². The van der Waals surface area contributed by atoms with Gasteiger partial charge < -0.3 is 10.1 Å². The molecule has 2 amide bonds. The maximum atomic E-state index is 12.1. The number of hydrazone groups is 1. The van der Waals surface area contributed by atoms with E-state index in [0.29, 0.717) is 16.3 Å². The third kappa shape index (κ3) is 4.33. The molecule has 7 nitrogen and oxygen atoms in total. The maximum absolute atomic E-state index is 12.1. The summed E-state index contributed by atoms with van der Waals surface area (Å²) in [5.74, 6) is -1.03. The first kappa shape index (κ1) is 18.6. The number of thiophene rings is 1. The number of aryl methyl sites for hydroxylation is 1. The second-order valence-corrected chi connectivity index (χ2v) is 7.06. The summed E-state index contributed by atoms with van der Waals surface area (Å²) in [6.07, 6.45) is 5.28. The summed E-state index contributed by atoms with van der Waals surface area (Å²) >= 11 is 1.37. The van der Waals surface area contributed by atoms with Crippen LogP contribution in [-0.4, -0.2) is 25.1 Å². The van der Waals surface area contributed by atoms with E-state index in [1.807, 2.05) is 0 Å². The lowest BCUT2D eigenvalue weighted by Crippen LogP contribution is -2.32. The van der Waals surface area contributed by atoms with Crippen LogP contribution in [0, 0.1) is 11.3 Å². The number of anilines is 1. The topological polar surface area (TPSA) is 104 Å². The average Bonchev–Trinajstić information content (AvgIpc) is 3.05. The van der Waals surface area contributed by atoms with Crippen molar-refractivity contribution in [2.75, 3.05) is 12.4 Å². The minimum absolute atomic E-state index is 0.434. The SMILES string of the molecule is COc1ccc(C=NNC(=O)C(=O)Nc2sc3c(c2C#N)CCCC3)cc1. The quantitative estimate of drug-likeness (QED) is 0.482. The molecule has 0 atom stereocenters. The molecule has 0 bridgehead atoms. The standard InChI is InChI=1S/C19H18N4O3S/c1-26-13-8-6-12(7-9-13)11-21-23-18(25)17(24)22-19-15(10-20)14-4-2-3-5-16(14)27-19/h6-9,11H,2-5H2,1H3,(H,22,24)(H,23,25). The molecule has 138 valence electrons. The highest BCUT2D eigenvalue weighted by Crippen LogP contribution is 2.37. The number of amides is 2. The Labute approximate surface area is 160 Å². The third-order valence-electron chi connectivity index (χ3n) is 4.21. The molecule has 0 saturated carbocycles. The Morgan fingerprint density at radius 2 is 1.96 bits per heavy atom. The van der Waals surface area contributed by atoms with Crippen LogP contribution >= 0.6 is 11.3 Å². The van der Waals surface area contributed by atoms with E-state index in [1.165, 1.54) is 17.6 Å². The van der Waals surface area contributed by atoms with E-state index in [2.05, 4.69) is 21.9 Å². The molecular weight excluding hydrogens is 364 g/mol. The number of hydrogen-bond donors (Lipinski definition) is 2. The maximum Gasteiger partial charge on any atom is 0.329 e. The van der Waals surface area contributed by atoms with Gasteiger partial charge in [-0.2, -0.15) is 10.4 Å². The Bertz CT molecular complexity index is 926. The second kappa shape index (κ2) is 8.47. The Balaban J connectivity index is 1.61. The van der Waals surface area contributed by atoms with Crippen molar-refractivity contribution in [1.29, 1.82) is 5.26 Å². The first-order valence-corrected chi connectivity index (χ1v) is 9.27. The van der Waals surface area contributed by atoms with Crippen LogP contribution in [-0.2, 0) is 22.4 Å². The van der Waals surface area contributed by atoms with Gasteiger partial charge in [-0.05, 0) is 61.1 Å². The van der Waals surface area contributed by atoms with Crippen molar-refractivity contribution in [3.05, 3.63) is 45.8 Å². The summed E-state index contributed by atoms with van der Waals surface area (Å²) in [6, 6.07) is 9.21. The van der Waals surface area contributed by atoms with Crippen LogP contribution in [0.1, 0.15) is 34.4 Å². The molecule has 0 radical (unpaired) electrons. The number of nitriles is 1. The lowest BCUT2D eigenvalue weighted by atomic mass is 9.96. The first-order valence-electron chi connectivity index (χ1n) is 8.45. The molecule has 0 fully saturated rings. The molecule has 27 heavy (non-hydrogen) atoms. The number of carbonyl (C=O) groups excluding carboxylic acids is 2. The Morgan fingerprint density at radius 1 is 1.22 bits per heavy atom. The van der Waals surface area contributed by atoms with Gasteiger partial charge in [0.05, 0.1) is 18.9 Å². The molecule has 0 saturated heterocycles. The number of methoxy groups -OCH3 is 1. The van der Waals surface area contributed by atoms with Crippen LogP contribution in [0.3, 0.4) is 0 Å². The van der Waals surface area contributed by atoms with Crippen molar-refractivity contribution in [1.82, 2.24) is 5.43 Å². The molecule has 8 heteroatoms. The Hall–Kier alpha value is -3.18. The molecule has 1 aliphatic rings. The van der Waals surface area contributed by atoms with Gasteiger partial charge in [0.2, 0.25) is 0 Å². The van der Waals surface area contributed by atoms with Gasteiger partial charge in [-0.15, -0.1) is 11.3 Å². The molecule has 1 aromatic carbocycles. The van der Waals surface area contributed by atoms with Crippen LogP contribution in [0.2, 0.25) is 0 Å². The predicted octanol–water partition coefficient (Wildman–Crippen LogP) is 2.60. The van der Waals surface area contributed by atoms with Gasteiger partial charge in [0, 0.05) is 4.88 Å². The van der Waals surface area contributed by atoms with Gasteiger partial charge in [-0.1, -0.05) is 0 Å². The van der Waals surface area contributed by atoms with Crippen LogP contribution < -0.4 is 15.5 Å². The first-order chi connectivity index (χ1) is 13.1. The van der Waals surface area contributed by atoms with Gasteiger partial charge in [0.1, 0.15) is 16.8 Å². The van der Waals surface area contributed by atoms with Gasteiger partial charge in [-0.25, -0.2) is 5.43 Å². The number of hydrogen-bond acceptors (Lipinski definition) is 6. The van der Waals surface area contributed by atoms with Crippen molar-refractivity contribution >= 4 is 34.4 Å². The lowest BCUT2D eigenvalue weighted by molar-refractivity contribution is -0.136. The summed E-state index contributed by atoms with van der Waals surface area (Å²) in [7, 11) is 1.57. The average molecular weight is 382 g/mol. The third-order valence-corrected chi connectivity index (χ3v) is 5.42. The molecule has 1 aliphatic carbocycles. The van der Waals surface area contributed by atoms with E-state index in [0.717, 1.165) is 41.7 Å². The van der Waals surface area contributed by atoms with Gasteiger partial charge in [0.25, 0.3) is 0 Å². The largest absolute Gasteiger partial charge is 0.497 e. The highest BCUT2D eigenvalue weighted by molar-refractivity contribution is 7.16. The zero-order chi connectivity index (χ0) is 19.2. The predicted molar refractivity (Wildman–Crippen MR) is 103 cm³/mol. The summed E-state index contributed by atoms with van der Waals surface area (Å²) < 4.78 is 5.06. The number of fused-ring (bicyclic) bond motifs is 1. The molecule has 2 N–H and O–H groups in total. The Kier molecular flexibility index (Phi) is 5.84. The number of ether oxygens (including phenoxy) is 1. The summed E-state index contributed by atoms with van der Waals surface area (Å²) in [6.45, 7) is 0. The summed E-state index contributed by atoms with van der Waals surface area (Å²) in [5.41, 5.74) is 4.40. The van der Waals surface area contributed by atoms with E-state index >= 15 is 0 Å². The zero-order valence-electron chi connectivity index (χ0n) is 14.7. The van der Waals surface area contributed by atoms with E-state index < -0.39 is 11.8 Å². The highest BCUT2D eigenvalue weighted by Gasteiger charge is 2.23. The van der Waals surface area contributed by atoms with Gasteiger partial charge in [0.15, 0.2) is 0 Å². The van der Waals surface area contributed by atoms with Crippen molar-refractivity contribution in [2.24, 2.45) is 5.10 Å². The smallest absolute Gasteiger partial charge is 0.329 e. The fraction of sp³-hybridized carbons (Fsp3) is 0.263. The van der Waals surface area contributed by atoms with Crippen molar-refractivity contribution in [3.8, 4) is 11.8 Å². The van der Waals surface area contributed by atoms with Gasteiger partial charge >= 0.3 is 11.8 Å². The van der Waals surface area contributed by atoms with Crippen molar-refractivity contribution < 1.29 is 14.3 Å². The minimum Gasteiger partial charge on any atom is -0.497 e. The fourth-order valence-electron chi connectivity index (χ4n) is 2.84. The molecule has 0 spiro atoms. The number of carbonyl (C=O) groups is 2. The van der Waals surface area contributed by atoms with E-state index in [9.17, 15) is 14.9 Å². The van der Waals surface area contributed by atoms with Crippen LogP contribution in [0.15, 0.2) is 29.4 Å². The second-order valence-electron chi connectivity index (χ2n) is 5.95. The molecule has 0 unspecified atom stereocenters. The lowest BCUT2D eigenvalue weighted by Gasteiger charge is -2.09. The van der Waals surface area contributed by atoms with E-state index in [4.69, 9.17) is 4.74 Å². The molecule has 3 rings (SSSR count). The fourth-order valence-corrected chi connectivity index (χ4v) is 4.07. The highest BCUT2D eigenvalue weighted by atomic mass is 32.1. The molecule has 1 aromatic heterocycles. The number of nitrogens with one attached hydrogen (secondary N) is 2. The number of benzene rings is 1. The van der Waals surface area contributed by atoms with Crippen LogP contribution in [0.5, 0.6) is 5.75 Å². The summed E-state index contributed by atoms with van der Waals surface area (Å²) in [4.78, 5) is 25.2. The van der Waals surface area contributed by atoms with Crippen LogP contribution in [0.25, 0.3) is 0 Å². The van der Waals surface area contributed by atoms with Crippen molar-refractivity contribution in [2.45, 2.75) is 25.7 Å². The summed E-state index contributed by atoms with van der Waals surface area (Å²) in [5, 5.41) is 16.1. The van der Waals surface area contributed by atoms with E-state index in [1.54, 1.807) is 31.4 Å². The zero-order valence-corrected chi connectivity index (χ0v) is 15.6. The Morgan fingerprint density at radius 3 is 2.67 bits per heavy atom. The monoisotopic (exact) mass is 382 g/mol. The molecular formula is C19H18N4O3S. The molecule has 2 aromatic rings. The number of nitrogens with zero attached hydrogens (tertiary/aromatic N) is 2. The van der Waals surface area contributed by atoms with Crippen molar-refractivity contribution in [3.63, 3.8) is 0 Å². The normalized spacial score (nSPS) is 12.9. The number of rotatable bonds is 4. The minimum atomic E-state index is -0.893.